The molecule has 20 heavy (non-hydrogen) atoms. The Hall–Kier alpha value is -1.68. The molecule has 0 spiro atoms. The second-order valence-corrected chi connectivity index (χ2v) is 5.83. The predicted octanol–water partition coefficient (Wildman–Crippen LogP) is 1.58. The maximum atomic E-state index is 4.60. The predicted molar refractivity (Wildman–Crippen MR) is 82.2 cm³/mol. The minimum atomic E-state index is 0.494. The lowest BCUT2D eigenvalue weighted by Crippen LogP contribution is -2.41. The first-order valence-electron chi connectivity index (χ1n) is 7.58. The summed E-state index contributed by atoms with van der Waals surface area (Å²) in [6.07, 6.45) is 8.97. The third-order valence-electron chi connectivity index (χ3n) is 4.41. The van der Waals surface area contributed by atoms with Crippen LogP contribution in [-0.2, 0) is 0 Å². The highest BCUT2D eigenvalue weighted by Gasteiger charge is 2.31. The highest BCUT2D eigenvalue weighted by atomic mass is 15.1. The van der Waals surface area contributed by atoms with Crippen molar-refractivity contribution in [2.75, 3.05) is 19.6 Å². The molecule has 4 rings (SSSR count). The minimum Gasteiger partial charge on any atom is -0.379 e. The van der Waals surface area contributed by atoms with E-state index in [1.54, 1.807) is 0 Å². The first-order chi connectivity index (χ1) is 9.83. The number of nitrogens with zero attached hydrogens (tertiary/aromatic N) is 2. The molecular weight excluding hydrogens is 248 g/mol. The van der Waals surface area contributed by atoms with Gasteiger partial charge in [-0.15, -0.1) is 0 Å². The van der Waals surface area contributed by atoms with Gasteiger partial charge in [-0.1, -0.05) is 13.0 Å². The summed E-state index contributed by atoms with van der Waals surface area (Å²) in [5.74, 6) is 0.494. The number of allylic oxidation sites excluding steroid dienone is 3. The second kappa shape index (κ2) is 4.70. The van der Waals surface area contributed by atoms with Gasteiger partial charge in [-0.2, -0.15) is 0 Å². The van der Waals surface area contributed by atoms with Crippen LogP contribution in [0.2, 0.25) is 0 Å². The SMILES string of the molecule is CCC1=NC(C2=CC3CN=C3C(NC3CCNC3)=C2)=C1. The summed E-state index contributed by atoms with van der Waals surface area (Å²) in [6.45, 7) is 5.24. The van der Waals surface area contributed by atoms with Gasteiger partial charge in [0.1, 0.15) is 0 Å². The normalized spacial score (nSPS) is 30.9. The molecule has 0 aromatic rings. The van der Waals surface area contributed by atoms with Crippen LogP contribution in [0.5, 0.6) is 0 Å². The van der Waals surface area contributed by atoms with Gasteiger partial charge in [-0.25, -0.2) is 0 Å². The highest BCUT2D eigenvalue weighted by molar-refractivity contribution is 6.08. The molecule has 2 N–H and O–H groups in total. The monoisotopic (exact) mass is 268 g/mol. The maximum Gasteiger partial charge on any atom is 0.0721 e. The fourth-order valence-electron chi connectivity index (χ4n) is 3.11. The Morgan fingerprint density at radius 3 is 2.95 bits per heavy atom. The summed E-state index contributed by atoms with van der Waals surface area (Å²) in [5.41, 5.74) is 6.06. The number of aliphatic imine (C=N–C) groups is 2. The fraction of sp³-hybridized carbons (Fsp3) is 0.500. The number of hydrogen-bond acceptors (Lipinski definition) is 4. The van der Waals surface area contributed by atoms with Crippen LogP contribution >= 0.6 is 0 Å². The van der Waals surface area contributed by atoms with Crippen molar-refractivity contribution in [2.24, 2.45) is 15.9 Å². The molecule has 0 radical (unpaired) electrons. The van der Waals surface area contributed by atoms with E-state index in [-0.39, 0.29) is 0 Å². The van der Waals surface area contributed by atoms with Gasteiger partial charge in [0.15, 0.2) is 0 Å². The molecule has 0 aromatic carbocycles. The zero-order chi connectivity index (χ0) is 13.5. The first kappa shape index (κ1) is 12.1. The van der Waals surface area contributed by atoms with Crippen LogP contribution in [0, 0.1) is 5.92 Å². The van der Waals surface area contributed by atoms with Crippen molar-refractivity contribution < 1.29 is 0 Å². The van der Waals surface area contributed by atoms with Gasteiger partial charge < -0.3 is 10.6 Å². The van der Waals surface area contributed by atoms with Crippen molar-refractivity contribution in [1.82, 2.24) is 10.6 Å². The molecule has 1 fully saturated rings. The average Bonchev–Trinajstić information content (AvgIpc) is 2.84. The van der Waals surface area contributed by atoms with E-state index in [0.717, 1.165) is 31.8 Å². The summed E-state index contributed by atoms with van der Waals surface area (Å²) in [7, 11) is 0. The third kappa shape index (κ3) is 1.95. The molecule has 3 heterocycles. The molecule has 0 aromatic heterocycles. The topological polar surface area (TPSA) is 48.8 Å². The Morgan fingerprint density at radius 1 is 1.40 bits per heavy atom. The standard InChI is InChI=1S/C16H20N4/c1-2-12-7-14(19-12)10-5-11-8-18-16(11)15(6-10)20-13-3-4-17-9-13/h5-7,11,13,17,20H,2-4,8-9H2,1H3. The van der Waals surface area contributed by atoms with Crippen LogP contribution < -0.4 is 10.6 Å². The summed E-state index contributed by atoms with van der Waals surface area (Å²) >= 11 is 0. The summed E-state index contributed by atoms with van der Waals surface area (Å²) in [5, 5.41) is 7.06. The van der Waals surface area contributed by atoms with Crippen LogP contribution in [0.3, 0.4) is 0 Å². The number of nitrogens with one attached hydrogen (secondary N) is 2. The average molecular weight is 268 g/mol. The van der Waals surface area contributed by atoms with E-state index in [0.29, 0.717) is 12.0 Å². The van der Waals surface area contributed by atoms with Crippen LogP contribution in [-0.4, -0.2) is 37.1 Å². The van der Waals surface area contributed by atoms with Gasteiger partial charge >= 0.3 is 0 Å². The zero-order valence-corrected chi connectivity index (χ0v) is 11.8. The summed E-state index contributed by atoms with van der Waals surface area (Å²) in [4.78, 5) is 9.15. The van der Waals surface area contributed by atoms with Crippen molar-refractivity contribution in [2.45, 2.75) is 25.8 Å². The van der Waals surface area contributed by atoms with E-state index in [2.05, 4.69) is 45.8 Å². The molecule has 2 atom stereocenters. The van der Waals surface area contributed by atoms with E-state index in [1.807, 2.05) is 0 Å². The molecule has 0 amide bonds. The van der Waals surface area contributed by atoms with Crippen molar-refractivity contribution >= 4 is 11.4 Å². The molecule has 1 aliphatic carbocycles. The Bertz CT molecular complexity index is 586. The van der Waals surface area contributed by atoms with Crippen molar-refractivity contribution in [3.05, 3.63) is 35.2 Å². The molecule has 0 saturated carbocycles. The summed E-state index contributed by atoms with van der Waals surface area (Å²) < 4.78 is 0. The quantitative estimate of drug-likeness (QED) is 0.813. The molecule has 0 bridgehead atoms. The molecule has 2 unspecified atom stereocenters. The van der Waals surface area contributed by atoms with Gasteiger partial charge in [0.25, 0.3) is 0 Å². The van der Waals surface area contributed by atoms with Gasteiger partial charge in [0, 0.05) is 24.2 Å². The smallest absolute Gasteiger partial charge is 0.0721 e. The Labute approximate surface area is 119 Å². The van der Waals surface area contributed by atoms with E-state index < -0.39 is 0 Å². The molecular formula is C16H20N4. The van der Waals surface area contributed by atoms with Crippen LogP contribution in [0.15, 0.2) is 45.2 Å². The minimum absolute atomic E-state index is 0.494. The lowest BCUT2D eigenvalue weighted by Gasteiger charge is -2.32. The van der Waals surface area contributed by atoms with E-state index in [4.69, 9.17) is 0 Å². The van der Waals surface area contributed by atoms with Gasteiger partial charge in [-0.3, -0.25) is 9.98 Å². The Morgan fingerprint density at radius 2 is 2.30 bits per heavy atom. The molecule has 4 heteroatoms. The van der Waals surface area contributed by atoms with E-state index in [9.17, 15) is 0 Å². The first-order valence-corrected chi connectivity index (χ1v) is 7.58. The van der Waals surface area contributed by atoms with Crippen molar-refractivity contribution in [3.8, 4) is 0 Å². The summed E-state index contributed by atoms with van der Waals surface area (Å²) in [6, 6.07) is 0.537. The van der Waals surface area contributed by atoms with E-state index >= 15 is 0 Å². The number of rotatable bonds is 4. The van der Waals surface area contributed by atoms with Crippen molar-refractivity contribution in [1.29, 1.82) is 0 Å². The fourth-order valence-corrected chi connectivity index (χ4v) is 3.11. The lowest BCUT2D eigenvalue weighted by atomic mass is 9.85. The number of hydrogen-bond donors (Lipinski definition) is 2. The van der Waals surface area contributed by atoms with Crippen LogP contribution in [0.25, 0.3) is 0 Å². The second-order valence-electron chi connectivity index (χ2n) is 5.83. The van der Waals surface area contributed by atoms with Crippen LogP contribution in [0.4, 0.5) is 0 Å². The molecule has 104 valence electrons. The number of fused-ring (bicyclic) bond motifs is 1. The van der Waals surface area contributed by atoms with Crippen LogP contribution in [0.1, 0.15) is 19.8 Å². The molecule has 1 saturated heterocycles. The lowest BCUT2D eigenvalue weighted by molar-refractivity contribution is 0.614. The highest BCUT2D eigenvalue weighted by Crippen LogP contribution is 2.32. The molecule has 4 aliphatic rings. The zero-order valence-electron chi connectivity index (χ0n) is 11.8. The van der Waals surface area contributed by atoms with Gasteiger partial charge in [-0.05, 0) is 37.1 Å². The Balaban J connectivity index is 1.54. The molecule has 4 nitrogen and oxygen atoms in total. The van der Waals surface area contributed by atoms with Gasteiger partial charge in [0.2, 0.25) is 0 Å². The Kier molecular flexibility index (Phi) is 2.84. The molecule has 3 aliphatic heterocycles. The van der Waals surface area contributed by atoms with Crippen molar-refractivity contribution in [3.63, 3.8) is 0 Å². The largest absolute Gasteiger partial charge is 0.379 e. The van der Waals surface area contributed by atoms with E-state index in [1.165, 1.54) is 29.1 Å². The third-order valence-corrected chi connectivity index (χ3v) is 4.41. The maximum absolute atomic E-state index is 4.60. The van der Waals surface area contributed by atoms with Gasteiger partial charge in [0.05, 0.1) is 23.7 Å².